The molecule has 0 aliphatic heterocycles. The highest BCUT2D eigenvalue weighted by molar-refractivity contribution is 7.15. The third-order valence-electron chi connectivity index (χ3n) is 5.01. The summed E-state index contributed by atoms with van der Waals surface area (Å²) in [5, 5.41) is 9.74. The number of rotatable bonds is 6. The average Bonchev–Trinajstić information content (AvgIpc) is 3.07. The van der Waals surface area contributed by atoms with Gasteiger partial charge in [0.1, 0.15) is 11.5 Å². The minimum absolute atomic E-state index is 0.0160. The predicted octanol–water partition coefficient (Wildman–Crippen LogP) is 4.57. The molecule has 1 N–H and O–H groups in total. The molecule has 0 radical (unpaired) electrons. The summed E-state index contributed by atoms with van der Waals surface area (Å²) < 4.78 is 5.04. The fraction of sp³-hybridized carbons (Fsp3) is 0.609. The Labute approximate surface area is 182 Å². The maximum atomic E-state index is 13.3. The van der Waals surface area contributed by atoms with Crippen LogP contribution in [0.3, 0.4) is 0 Å². The third kappa shape index (κ3) is 6.88. The van der Waals surface area contributed by atoms with Crippen LogP contribution in [0.5, 0.6) is 0 Å². The monoisotopic (exact) mass is 433 g/mol. The van der Waals surface area contributed by atoms with Crippen LogP contribution in [0.4, 0.5) is 5.69 Å². The molecule has 1 heterocycles. The lowest BCUT2D eigenvalue weighted by Crippen LogP contribution is -2.40. The molecule has 6 nitrogen and oxygen atoms in total. The van der Waals surface area contributed by atoms with Crippen LogP contribution < -0.4 is 4.90 Å². The zero-order chi connectivity index (χ0) is 22.5. The number of ether oxygens (including phenoxy) is 1. The Bertz CT molecular complexity index is 847. The van der Waals surface area contributed by atoms with Gasteiger partial charge in [-0.1, -0.05) is 18.8 Å². The summed E-state index contributed by atoms with van der Waals surface area (Å²) in [7, 11) is 0. The highest BCUT2D eigenvalue weighted by atomic mass is 32.1. The summed E-state index contributed by atoms with van der Waals surface area (Å²) in [5.74, 6) is 4.95. The van der Waals surface area contributed by atoms with Crippen LogP contribution in [0.2, 0.25) is 0 Å². The van der Waals surface area contributed by atoms with Gasteiger partial charge in [-0.05, 0) is 58.4 Å². The molecule has 0 saturated heterocycles. The van der Waals surface area contributed by atoms with Crippen LogP contribution in [0.1, 0.15) is 74.9 Å². The number of nitrogens with zero attached hydrogens (tertiary/aromatic N) is 1. The fourth-order valence-electron chi connectivity index (χ4n) is 3.40. The SMILES string of the molecule is CC(=O)OCCN(c1cc(C#CC(C)(C)C)sc1C(=O)O)C(=O)[C@H]1CC[C@H](C)CC1. The minimum atomic E-state index is -1.10. The van der Waals surface area contributed by atoms with Crippen molar-refractivity contribution in [1.82, 2.24) is 0 Å². The van der Waals surface area contributed by atoms with Crippen LogP contribution >= 0.6 is 11.3 Å². The van der Waals surface area contributed by atoms with Crippen molar-refractivity contribution in [2.24, 2.45) is 17.3 Å². The van der Waals surface area contributed by atoms with Crippen LogP contribution in [-0.2, 0) is 14.3 Å². The fourth-order valence-corrected chi connectivity index (χ4v) is 4.26. The number of esters is 1. The molecule has 0 unspecified atom stereocenters. The van der Waals surface area contributed by atoms with E-state index in [1.165, 1.54) is 11.8 Å². The van der Waals surface area contributed by atoms with E-state index in [1.807, 2.05) is 20.8 Å². The molecule has 30 heavy (non-hydrogen) atoms. The Kier molecular flexibility index (Phi) is 8.08. The number of hydrogen-bond acceptors (Lipinski definition) is 5. The summed E-state index contributed by atoms with van der Waals surface area (Å²) in [4.78, 5) is 38.6. The predicted molar refractivity (Wildman–Crippen MR) is 118 cm³/mol. The van der Waals surface area contributed by atoms with E-state index in [4.69, 9.17) is 4.74 Å². The zero-order valence-corrected chi connectivity index (χ0v) is 19.2. The molecule has 0 bridgehead atoms. The molecule has 2 rings (SSSR count). The van der Waals surface area contributed by atoms with Gasteiger partial charge in [0.2, 0.25) is 5.91 Å². The van der Waals surface area contributed by atoms with Crippen molar-refractivity contribution in [1.29, 1.82) is 0 Å². The molecule has 0 aromatic carbocycles. The van der Waals surface area contributed by atoms with Crippen molar-refractivity contribution < 1.29 is 24.2 Å². The molecule has 0 spiro atoms. The molecule has 1 amide bonds. The normalized spacial score (nSPS) is 18.8. The number of carboxylic acids is 1. The summed E-state index contributed by atoms with van der Waals surface area (Å²) in [6.45, 7) is 9.56. The Hall–Kier alpha value is -2.33. The number of carbonyl (C=O) groups is 3. The molecule has 0 atom stereocenters. The van der Waals surface area contributed by atoms with E-state index in [1.54, 1.807) is 6.07 Å². The Balaban J connectivity index is 2.38. The second kappa shape index (κ2) is 10.1. The van der Waals surface area contributed by atoms with Crippen molar-refractivity contribution in [3.8, 4) is 11.8 Å². The maximum Gasteiger partial charge on any atom is 0.348 e. The average molecular weight is 434 g/mol. The Morgan fingerprint density at radius 1 is 1.23 bits per heavy atom. The Morgan fingerprint density at radius 3 is 2.40 bits per heavy atom. The minimum Gasteiger partial charge on any atom is -0.477 e. The zero-order valence-electron chi connectivity index (χ0n) is 18.4. The number of carboxylic acid groups (broad SMARTS) is 1. The molecule has 1 aromatic rings. The second-order valence-electron chi connectivity index (χ2n) is 8.92. The number of amides is 1. The third-order valence-corrected chi connectivity index (χ3v) is 6.04. The standard InChI is InChI=1S/C23H31NO5S/c1-15-6-8-17(9-7-15)21(26)24(12-13-29-16(2)25)19-14-18(10-11-23(3,4)5)30-20(19)22(27)28/h14-15,17H,6-9,12-13H2,1-5H3,(H,27,28)/t15-,17-. The lowest BCUT2D eigenvalue weighted by atomic mass is 9.82. The first-order chi connectivity index (χ1) is 14.0. The molecule has 164 valence electrons. The van der Waals surface area contributed by atoms with Crippen LogP contribution in [0.25, 0.3) is 0 Å². The molecular formula is C23H31NO5S. The lowest BCUT2D eigenvalue weighted by Gasteiger charge is -2.31. The van der Waals surface area contributed by atoms with E-state index in [2.05, 4.69) is 18.8 Å². The van der Waals surface area contributed by atoms with E-state index in [-0.39, 0.29) is 35.3 Å². The van der Waals surface area contributed by atoms with Crippen molar-refractivity contribution in [2.75, 3.05) is 18.1 Å². The number of hydrogen-bond donors (Lipinski definition) is 1. The number of aromatic carboxylic acids is 1. The van der Waals surface area contributed by atoms with E-state index in [9.17, 15) is 19.5 Å². The number of carbonyl (C=O) groups excluding carboxylic acids is 2. The summed E-state index contributed by atoms with van der Waals surface area (Å²) in [5.41, 5.74) is 0.110. The van der Waals surface area contributed by atoms with Gasteiger partial charge in [-0.2, -0.15) is 0 Å². The molecule has 7 heteroatoms. The van der Waals surface area contributed by atoms with Gasteiger partial charge in [0.05, 0.1) is 17.1 Å². The van der Waals surface area contributed by atoms with Gasteiger partial charge in [-0.25, -0.2) is 4.79 Å². The van der Waals surface area contributed by atoms with Gasteiger partial charge < -0.3 is 14.7 Å². The van der Waals surface area contributed by atoms with Gasteiger partial charge in [-0.15, -0.1) is 11.3 Å². The molecular weight excluding hydrogens is 402 g/mol. The molecule has 1 aliphatic carbocycles. The highest BCUT2D eigenvalue weighted by Crippen LogP contribution is 2.35. The first-order valence-corrected chi connectivity index (χ1v) is 11.1. The van der Waals surface area contributed by atoms with E-state index < -0.39 is 11.9 Å². The highest BCUT2D eigenvalue weighted by Gasteiger charge is 2.32. The first kappa shape index (κ1) is 23.9. The van der Waals surface area contributed by atoms with Gasteiger partial charge >= 0.3 is 11.9 Å². The molecule has 1 aromatic heterocycles. The van der Waals surface area contributed by atoms with E-state index >= 15 is 0 Å². The lowest BCUT2D eigenvalue weighted by molar-refractivity contribution is -0.141. The van der Waals surface area contributed by atoms with Crippen LogP contribution in [0.15, 0.2) is 6.07 Å². The second-order valence-corrected chi connectivity index (χ2v) is 9.97. The van der Waals surface area contributed by atoms with Crippen molar-refractivity contribution in [3.63, 3.8) is 0 Å². The first-order valence-electron chi connectivity index (χ1n) is 10.3. The van der Waals surface area contributed by atoms with Gasteiger partial charge in [0, 0.05) is 18.3 Å². The van der Waals surface area contributed by atoms with Gasteiger partial charge in [-0.3, -0.25) is 9.59 Å². The topological polar surface area (TPSA) is 83.9 Å². The van der Waals surface area contributed by atoms with Crippen molar-refractivity contribution >= 4 is 34.9 Å². The van der Waals surface area contributed by atoms with Gasteiger partial charge in [0.25, 0.3) is 0 Å². The molecule has 1 fully saturated rings. The molecule has 1 saturated carbocycles. The largest absolute Gasteiger partial charge is 0.477 e. The smallest absolute Gasteiger partial charge is 0.348 e. The molecule has 1 aliphatic rings. The number of anilines is 1. The van der Waals surface area contributed by atoms with E-state index in [0.29, 0.717) is 16.5 Å². The van der Waals surface area contributed by atoms with Gasteiger partial charge in [0.15, 0.2) is 0 Å². The van der Waals surface area contributed by atoms with Crippen molar-refractivity contribution in [2.45, 2.75) is 60.3 Å². The summed E-state index contributed by atoms with van der Waals surface area (Å²) in [6.07, 6.45) is 3.53. The number of thiophene rings is 1. The Morgan fingerprint density at radius 2 is 1.87 bits per heavy atom. The van der Waals surface area contributed by atoms with Crippen molar-refractivity contribution in [3.05, 3.63) is 15.8 Å². The summed E-state index contributed by atoms with van der Waals surface area (Å²) in [6, 6.07) is 1.67. The van der Waals surface area contributed by atoms with Crippen LogP contribution in [-0.4, -0.2) is 36.1 Å². The summed E-state index contributed by atoms with van der Waals surface area (Å²) >= 11 is 1.07. The maximum absolute atomic E-state index is 13.3. The van der Waals surface area contributed by atoms with E-state index in [0.717, 1.165) is 37.0 Å². The quantitative estimate of drug-likeness (QED) is 0.525. The van der Waals surface area contributed by atoms with Crippen LogP contribution in [0, 0.1) is 29.1 Å².